The van der Waals surface area contributed by atoms with Gasteiger partial charge in [0.2, 0.25) is 0 Å². The van der Waals surface area contributed by atoms with E-state index in [1.54, 1.807) is 12.3 Å². The van der Waals surface area contributed by atoms with Gasteiger partial charge in [-0.05, 0) is 36.6 Å². The van der Waals surface area contributed by atoms with Crippen LogP contribution in [0, 0.1) is 6.92 Å². The van der Waals surface area contributed by atoms with E-state index >= 15 is 0 Å². The number of fused-ring (bicyclic) bond motifs is 1. The largest absolute Gasteiger partial charge is 0.361 e. The lowest BCUT2D eigenvalue weighted by Gasteiger charge is -2.06. The Hall–Kier alpha value is -3.15. The molecule has 6 nitrogen and oxygen atoms in total. The molecule has 3 N–H and O–H groups in total. The normalized spacial score (nSPS) is 10.5. The van der Waals surface area contributed by atoms with Crippen molar-refractivity contribution in [2.24, 2.45) is 0 Å². The number of aromatic nitrogens is 2. The average Bonchev–Trinajstić information content (AvgIpc) is 3.00. The fourth-order valence-electron chi connectivity index (χ4n) is 2.44. The monoisotopic (exact) mass is 322 g/mol. The highest BCUT2D eigenvalue weighted by atomic mass is 16.2. The first kappa shape index (κ1) is 15.7. The van der Waals surface area contributed by atoms with Crippen molar-refractivity contribution in [2.75, 3.05) is 11.9 Å². The molecule has 0 saturated heterocycles. The third-order valence-corrected chi connectivity index (χ3v) is 3.71. The van der Waals surface area contributed by atoms with E-state index in [4.69, 9.17) is 0 Å². The van der Waals surface area contributed by atoms with Gasteiger partial charge in [0.1, 0.15) is 5.82 Å². The van der Waals surface area contributed by atoms with E-state index in [0.29, 0.717) is 18.8 Å². The molecule has 2 heterocycles. The zero-order valence-corrected chi connectivity index (χ0v) is 13.3. The second-order valence-corrected chi connectivity index (χ2v) is 5.54. The van der Waals surface area contributed by atoms with E-state index in [1.807, 2.05) is 43.5 Å². The molecule has 0 fully saturated rings. The van der Waals surface area contributed by atoms with Crippen molar-refractivity contribution in [3.05, 3.63) is 59.9 Å². The smallest absolute Gasteiger partial charge is 0.314 e. The number of para-hydroxylation sites is 1. The van der Waals surface area contributed by atoms with Gasteiger partial charge in [-0.25, -0.2) is 4.98 Å². The summed E-state index contributed by atoms with van der Waals surface area (Å²) >= 11 is 0. The molecule has 0 spiro atoms. The standard InChI is InChI=1S/C18H18N4O2/c1-12-6-7-16(21-10-12)22-18(24)17(23)19-9-8-13-11-20-15-5-3-2-4-14(13)15/h2-7,10-11,20H,8-9H2,1H3,(H,19,23)(H,21,22,24). The van der Waals surface area contributed by atoms with Gasteiger partial charge in [0.25, 0.3) is 0 Å². The van der Waals surface area contributed by atoms with Gasteiger partial charge in [0.15, 0.2) is 0 Å². The first-order chi connectivity index (χ1) is 11.6. The number of hydrogen-bond donors (Lipinski definition) is 3. The summed E-state index contributed by atoms with van der Waals surface area (Å²) in [4.78, 5) is 30.9. The number of carbonyl (C=O) groups is 2. The Balaban J connectivity index is 1.51. The van der Waals surface area contributed by atoms with Crippen LogP contribution >= 0.6 is 0 Å². The summed E-state index contributed by atoms with van der Waals surface area (Å²) in [5.41, 5.74) is 3.14. The predicted molar refractivity (Wildman–Crippen MR) is 92.6 cm³/mol. The highest BCUT2D eigenvalue weighted by Gasteiger charge is 2.14. The van der Waals surface area contributed by atoms with Crippen LogP contribution in [0.5, 0.6) is 0 Å². The Morgan fingerprint density at radius 1 is 1.12 bits per heavy atom. The van der Waals surface area contributed by atoms with E-state index in [9.17, 15) is 9.59 Å². The molecule has 0 atom stereocenters. The van der Waals surface area contributed by atoms with Crippen molar-refractivity contribution in [3.63, 3.8) is 0 Å². The lowest BCUT2D eigenvalue weighted by molar-refractivity contribution is -0.136. The lowest BCUT2D eigenvalue weighted by atomic mass is 10.1. The van der Waals surface area contributed by atoms with Crippen molar-refractivity contribution in [1.29, 1.82) is 0 Å². The van der Waals surface area contributed by atoms with E-state index < -0.39 is 11.8 Å². The molecule has 0 radical (unpaired) electrons. The van der Waals surface area contributed by atoms with Crippen molar-refractivity contribution >= 4 is 28.5 Å². The average molecular weight is 322 g/mol. The van der Waals surface area contributed by atoms with E-state index in [-0.39, 0.29) is 0 Å². The third-order valence-electron chi connectivity index (χ3n) is 3.71. The van der Waals surface area contributed by atoms with Crippen LogP contribution in [-0.2, 0) is 16.0 Å². The van der Waals surface area contributed by atoms with Gasteiger partial charge in [-0.3, -0.25) is 9.59 Å². The summed E-state index contributed by atoms with van der Waals surface area (Å²) in [5, 5.41) is 6.22. The van der Waals surface area contributed by atoms with Crippen LogP contribution in [-0.4, -0.2) is 28.3 Å². The molecule has 0 aliphatic rings. The fourth-order valence-corrected chi connectivity index (χ4v) is 2.44. The summed E-state index contributed by atoms with van der Waals surface area (Å²) in [7, 11) is 0. The van der Waals surface area contributed by atoms with Crippen LogP contribution in [0.4, 0.5) is 5.82 Å². The number of aromatic amines is 1. The van der Waals surface area contributed by atoms with Gasteiger partial charge >= 0.3 is 11.8 Å². The maximum absolute atomic E-state index is 11.8. The summed E-state index contributed by atoms with van der Waals surface area (Å²) < 4.78 is 0. The number of nitrogens with zero attached hydrogens (tertiary/aromatic N) is 1. The van der Waals surface area contributed by atoms with Crippen LogP contribution in [0.1, 0.15) is 11.1 Å². The molecule has 24 heavy (non-hydrogen) atoms. The zero-order chi connectivity index (χ0) is 16.9. The molecular weight excluding hydrogens is 304 g/mol. The Kier molecular flexibility index (Phi) is 4.56. The molecule has 0 unspecified atom stereocenters. The Morgan fingerprint density at radius 3 is 2.75 bits per heavy atom. The number of benzene rings is 1. The van der Waals surface area contributed by atoms with Crippen LogP contribution in [0.25, 0.3) is 10.9 Å². The van der Waals surface area contributed by atoms with Gasteiger partial charge in [-0.2, -0.15) is 0 Å². The summed E-state index contributed by atoms with van der Waals surface area (Å²) in [6, 6.07) is 11.4. The molecule has 1 aromatic carbocycles. The molecule has 0 bridgehead atoms. The second-order valence-electron chi connectivity index (χ2n) is 5.54. The number of rotatable bonds is 4. The first-order valence-electron chi connectivity index (χ1n) is 7.70. The lowest BCUT2D eigenvalue weighted by Crippen LogP contribution is -2.36. The number of carbonyl (C=O) groups excluding carboxylic acids is 2. The zero-order valence-electron chi connectivity index (χ0n) is 13.3. The number of H-pyrrole nitrogens is 1. The highest BCUT2D eigenvalue weighted by molar-refractivity contribution is 6.39. The molecule has 122 valence electrons. The molecule has 6 heteroatoms. The van der Waals surface area contributed by atoms with Crippen molar-refractivity contribution in [3.8, 4) is 0 Å². The number of amides is 2. The van der Waals surface area contributed by atoms with Crippen LogP contribution in [0.2, 0.25) is 0 Å². The van der Waals surface area contributed by atoms with Gasteiger partial charge in [-0.15, -0.1) is 0 Å². The minimum absolute atomic E-state index is 0.359. The molecule has 2 aromatic heterocycles. The van der Waals surface area contributed by atoms with Gasteiger partial charge in [0.05, 0.1) is 0 Å². The van der Waals surface area contributed by atoms with Crippen molar-refractivity contribution in [1.82, 2.24) is 15.3 Å². The fraction of sp³-hybridized carbons (Fsp3) is 0.167. The molecule has 2 amide bonds. The number of pyridine rings is 1. The van der Waals surface area contributed by atoms with E-state index in [2.05, 4.69) is 20.6 Å². The number of hydrogen-bond acceptors (Lipinski definition) is 3. The Labute approximate surface area is 139 Å². The first-order valence-corrected chi connectivity index (χ1v) is 7.70. The van der Waals surface area contributed by atoms with Gasteiger partial charge in [0, 0.05) is 29.8 Å². The summed E-state index contributed by atoms with van der Waals surface area (Å²) in [6.45, 7) is 2.28. The molecule has 0 aliphatic heterocycles. The molecule has 0 aliphatic carbocycles. The SMILES string of the molecule is Cc1ccc(NC(=O)C(=O)NCCc2c[nH]c3ccccc23)nc1. The van der Waals surface area contributed by atoms with Crippen molar-refractivity contribution in [2.45, 2.75) is 13.3 Å². The molecular formula is C18H18N4O2. The van der Waals surface area contributed by atoms with Crippen LogP contribution < -0.4 is 10.6 Å². The van der Waals surface area contributed by atoms with Gasteiger partial charge < -0.3 is 15.6 Å². The van der Waals surface area contributed by atoms with E-state index in [0.717, 1.165) is 22.0 Å². The minimum Gasteiger partial charge on any atom is -0.361 e. The number of aryl methyl sites for hydroxylation is 1. The van der Waals surface area contributed by atoms with Crippen LogP contribution in [0.15, 0.2) is 48.8 Å². The maximum atomic E-state index is 11.8. The minimum atomic E-state index is -0.717. The van der Waals surface area contributed by atoms with Gasteiger partial charge in [-0.1, -0.05) is 24.3 Å². The van der Waals surface area contributed by atoms with Crippen molar-refractivity contribution < 1.29 is 9.59 Å². The quantitative estimate of drug-likeness (QED) is 0.643. The van der Waals surface area contributed by atoms with E-state index in [1.165, 1.54) is 0 Å². The second kappa shape index (κ2) is 6.95. The molecule has 3 aromatic rings. The predicted octanol–water partition coefficient (Wildman–Crippen LogP) is 2.17. The maximum Gasteiger partial charge on any atom is 0.314 e. The highest BCUT2D eigenvalue weighted by Crippen LogP contribution is 2.17. The number of nitrogens with one attached hydrogen (secondary N) is 3. The van der Waals surface area contributed by atoms with Crippen LogP contribution in [0.3, 0.4) is 0 Å². The number of anilines is 1. The third kappa shape index (κ3) is 3.60. The summed E-state index contributed by atoms with van der Waals surface area (Å²) in [6.07, 6.45) is 4.20. The Bertz CT molecular complexity index is 868. The molecule has 3 rings (SSSR count). The topological polar surface area (TPSA) is 86.9 Å². The molecule has 0 saturated carbocycles. The Morgan fingerprint density at radius 2 is 1.96 bits per heavy atom. The summed E-state index contributed by atoms with van der Waals surface area (Å²) in [5.74, 6) is -1.03.